The average Bonchev–Trinajstić information content (AvgIpc) is 2.58. The molecule has 0 aliphatic carbocycles. The molecule has 23 heavy (non-hydrogen) atoms. The van der Waals surface area contributed by atoms with Crippen LogP contribution in [0.5, 0.6) is 0 Å². The highest BCUT2D eigenvalue weighted by Crippen LogP contribution is 2.18. The first-order chi connectivity index (χ1) is 10.7. The Morgan fingerprint density at radius 2 is 1.91 bits per heavy atom. The molecule has 7 heteroatoms. The fourth-order valence-electron chi connectivity index (χ4n) is 3.27. The molecular formula is C16H31ClN4O2. The zero-order chi connectivity index (χ0) is 15.8. The Morgan fingerprint density at radius 1 is 1.17 bits per heavy atom. The average molecular weight is 347 g/mol. The zero-order valence-electron chi connectivity index (χ0n) is 14.2. The number of nitrogens with zero attached hydrogens (tertiary/aromatic N) is 2. The van der Waals surface area contributed by atoms with Crippen LogP contribution in [-0.4, -0.2) is 73.5 Å². The van der Waals surface area contributed by atoms with Crippen molar-refractivity contribution in [2.45, 2.75) is 45.1 Å². The second-order valence-corrected chi connectivity index (χ2v) is 6.19. The second kappa shape index (κ2) is 10.8. The SMILES string of the molecule is CCC(=O)N1CCCCC1C(=O)NCCCN1CCNCC1.Cl. The van der Waals surface area contributed by atoms with Gasteiger partial charge in [0.1, 0.15) is 6.04 Å². The molecule has 2 amide bonds. The van der Waals surface area contributed by atoms with Crippen LogP contribution in [0.25, 0.3) is 0 Å². The maximum absolute atomic E-state index is 12.4. The van der Waals surface area contributed by atoms with Crippen molar-refractivity contribution >= 4 is 24.2 Å². The first kappa shape index (κ1) is 20.2. The van der Waals surface area contributed by atoms with Crippen LogP contribution in [0.3, 0.4) is 0 Å². The van der Waals surface area contributed by atoms with Gasteiger partial charge in [-0.05, 0) is 32.2 Å². The van der Waals surface area contributed by atoms with Crippen molar-refractivity contribution < 1.29 is 9.59 Å². The summed E-state index contributed by atoms with van der Waals surface area (Å²) in [6.45, 7) is 8.62. The van der Waals surface area contributed by atoms with Gasteiger partial charge in [-0.25, -0.2) is 0 Å². The van der Waals surface area contributed by atoms with Crippen LogP contribution in [0.2, 0.25) is 0 Å². The van der Waals surface area contributed by atoms with Gasteiger partial charge in [-0.1, -0.05) is 6.92 Å². The van der Waals surface area contributed by atoms with Gasteiger partial charge in [0.05, 0.1) is 0 Å². The van der Waals surface area contributed by atoms with Crippen molar-refractivity contribution in [1.29, 1.82) is 0 Å². The van der Waals surface area contributed by atoms with Crippen molar-refractivity contribution in [1.82, 2.24) is 20.4 Å². The van der Waals surface area contributed by atoms with E-state index in [1.807, 2.05) is 6.92 Å². The predicted octanol–water partition coefficient (Wildman–Crippen LogP) is 0.611. The van der Waals surface area contributed by atoms with Crippen molar-refractivity contribution in [3.8, 4) is 0 Å². The van der Waals surface area contributed by atoms with Gasteiger partial charge >= 0.3 is 0 Å². The molecule has 2 aliphatic heterocycles. The van der Waals surface area contributed by atoms with E-state index in [0.717, 1.165) is 65.0 Å². The number of carbonyl (C=O) groups excluding carboxylic acids is 2. The number of carbonyl (C=O) groups is 2. The number of hydrogen-bond donors (Lipinski definition) is 2. The summed E-state index contributed by atoms with van der Waals surface area (Å²) in [5.74, 6) is 0.127. The third kappa shape index (κ3) is 6.28. The minimum atomic E-state index is -0.250. The molecule has 6 nitrogen and oxygen atoms in total. The lowest BCUT2D eigenvalue weighted by molar-refractivity contribution is -0.142. The lowest BCUT2D eigenvalue weighted by atomic mass is 10.0. The van der Waals surface area contributed by atoms with Crippen LogP contribution in [0.1, 0.15) is 39.0 Å². The third-order valence-corrected chi connectivity index (χ3v) is 4.59. The Kier molecular flexibility index (Phi) is 9.52. The van der Waals surface area contributed by atoms with Gasteiger partial charge in [-0.3, -0.25) is 9.59 Å². The first-order valence-electron chi connectivity index (χ1n) is 8.72. The maximum atomic E-state index is 12.4. The number of likely N-dealkylation sites (tertiary alicyclic amines) is 1. The van der Waals surface area contributed by atoms with E-state index in [4.69, 9.17) is 0 Å². The monoisotopic (exact) mass is 346 g/mol. The number of piperidine rings is 1. The summed E-state index contributed by atoms with van der Waals surface area (Å²) in [6, 6.07) is -0.250. The highest BCUT2D eigenvalue weighted by Gasteiger charge is 2.30. The summed E-state index contributed by atoms with van der Waals surface area (Å²) in [7, 11) is 0. The summed E-state index contributed by atoms with van der Waals surface area (Å²) in [4.78, 5) is 28.5. The van der Waals surface area contributed by atoms with E-state index < -0.39 is 0 Å². The lowest BCUT2D eigenvalue weighted by Crippen LogP contribution is -2.52. The molecule has 0 spiro atoms. The smallest absolute Gasteiger partial charge is 0.242 e. The lowest BCUT2D eigenvalue weighted by Gasteiger charge is -2.34. The van der Waals surface area contributed by atoms with E-state index in [2.05, 4.69) is 15.5 Å². The normalized spacial score (nSPS) is 22.3. The van der Waals surface area contributed by atoms with E-state index in [1.54, 1.807) is 4.90 Å². The van der Waals surface area contributed by atoms with Gasteiger partial charge in [0.2, 0.25) is 11.8 Å². The topological polar surface area (TPSA) is 64.7 Å². The number of halogens is 1. The summed E-state index contributed by atoms with van der Waals surface area (Å²) in [6.07, 6.45) is 4.30. The molecule has 0 saturated carbocycles. The van der Waals surface area contributed by atoms with Crippen molar-refractivity contribution in [2.24, 2.45) is 0 Å². The molecule has 1 atom stereocenters. The first-order valence-corrected chi connectivity index (χ1v) is 8.72. The van der Waals surface area contributed by atoms with Crippen LogP contribution in [0, 0.1) is 0 Å². The van der Waals surface area contributed by atoms with Gasteiger partial charge in [-0.2, -0.15) is 0 Å². The van der Waals surface area contributed by atoms with Crippen LogP contribution in [0.15, 0.2) is 0 Å². The molecule has 0 radical (unpaired) electrons. The van der Waals surface area contributed by atoms with Crippen molar-refractivity contribution in [3.63, 3.8) is 0 Å². The molecule has 134 valence electrons. The van der Waals surface area contributed by atoms with E-state index in [9.17, 15) is 9.59 Å². The van der Waals surface area contributed by atoms with E-state index in [-0.39, 0.29) is 30.3 Å². The van der Waals surface area contributed by atoms with E-state index in [1.165, 1.54) is 0 Å². The van der Waals surface area contributed by atoms with Crippen LogP contribution in [0.4, 0.5) is 0 Å². The standard InChI is InChI=1S/C16H30N4O2.ClH/c1-2-15(21)20-11-4-3-6-14(20)16(22)18-7-5-10-19-12-8-17-9-13-19;/h14,17H,2-13H2,1H3,(H,18,22);1H. The summed E-state index contributed by atoms with van der Waals surface area (Å²) < 4.78 is 0. The van der Waals surface area contributed by atoms with Crippen LogP contribution in [-0.2, 0) is 9.59 Å². The predicted molar refractivity (Wildman–Crippen MR) is 93.8 cm³/mol. The maximum Gasteiger partial charge on any atom is 0.242 e. The van der Waals surface area contributed by atoms with Gasteiger partial charge in [0.15, 0.2) is 0 Å². The Labute approximate surface area is 145 Å². The molecule has 2 fully saturated rings. The quantitative estimate of drug-likeness (QED) is 0.692. The molecule has 0 bridgehead atoms. The number of piperazine rings is 1. The highest BCUT2D eigenvalue weighted by molar-refractivity contribution is 5.87. The zero-order valence-corrected chi connectivity index (χ0v) is 15.0. The van der Waals surface area contributed by atoms with Gasteiger partial charge in [-0.15, -0.1) is 12.4 Å². The number of hydrogen-bond acceptors (Lipinski definition) is 4. The number of nitrogens with one attached hydrogen (secondary N) is 2. The molecule has 2 heterocycles. The molecule has 2 N–H and O–H groups in total. The highest BCUT2D eigenvalue weighted by atomic mass is 35.5. The third-order valence-electron chi connectivity index (χ3n) is 4.59. The summed E-state index contributed by atoms with van der Waals surface area (Å²) in [5.41, 5.74) is 0. The molecule has 1 unspecified atom stereocenters. The molecule has 2 aliphatic rings. The van der Waals surface area contributed by atoms with Gasteiger partial charge < -0.3 is 20.4 Å². The van der Waals surface area contributed by atoms with E-state index in [0.29, 0.717) is 13.0 Å². The van der Waals surface area contributed by atoms with Crippen molar-refractivity contribution in [2.75, 3.05) is 45.8 Å². The number of rotatable bonds is 6. The number of amides is 2. The largest absolute Gasteiger partial charge is 0.354 e. The molecule has 0 aromatic rings. The molecule has 2 rings (SSSR count). The Balaban J connectivity index is 0.00000264. The minimum absolute atomic E-state index is 0. The van der Waals surface area contributed by atoms with E-state index >= 15 is 0 Å². The Hall–Kier alpha value is -0.850. The van der Waals surface area contributed by atoms with Crippen molar-refractivity contribution in [3.05, 3.63) is 0 Å². The Bertz CT molecular complexity index is 375. The van der Waals surface area contributed by atoms with Crippen LogP contribution >= 0.6 is 12.4 Å². The molecular weight excluding hydrogens is 316 g/mol. The minimum Gasteiger partial charge on any atom is -0.354 e. The van der Waals surface area contributed by atoms with Crippen LogP contribution < -0.4 is 10.6 Å². The fourth-order valence-corrected chi connectivity index (χ4v) is 3.27. The second-order valence-electron chi connectivity index (χ2n) is 6.19. The molecule has 0 aromatic heterocycles. The Morgan fingerprint density at radius 3 is 2.61 bits per heavy atom. The van der Waals surface area contributed by atoms with Gasteiger partial charge in [0.25, 0.3) is 0 Å². The molecule has 0 aromatic carbocycles. The fraction of sp³-hybridized carbons (Fsp3) is 0.875. The summed E-state index contributed by atoms with van der Waals surface area (Å²) >= 11 is 0. The van der Waals surface area contributed by atoms with Gasteiger partial charge in [0, 0.05) is 45.7 Å². The molecule has 2 saturated heterocycles. The summed E-state index contributed by atoms with van der Waals surface area (Å²) in [5, 5.41) is 6.36.